The normalized spacial score (nSPS) is 10.8. The quantitative estimate of drug-likeness (QED) is 0.105. The molecule has 1 aromatic heterocycles. The SMILES string of the molecule is CCCCCCCCCCCCNc1nc(NCc2cccc(CN=C(N)N)c2)nc(N(CC)CC)n1. The van der Waals surface area contributed by atoms with Gasteiger partial charge in [0.2, 0.25) is 17.8 Å². The second-order valence-electron chi connectivity index (χ2n) is 9.48. The number of nitrogens with one attached hydrogen (secondary N) is 2. The van der Waals surface area contributed by atoms with E-state index in [1.54, 1.807) is 0 Å². The van der Waals surface area contributed by atoms with Crippen molar-refractivity contribution in [1.82, 2.24) is 15.0 Å². The monoisotopic (exact) mass is 511 g/mol. The molecule has 9 heteroatoms. The minimum absolute atomic E-state index is 0.0930. The van der Waals surface area contributed by atoms with Gasteiger partial charge in [0.1, 0.15) is 0 Å². The minimum atomic E-state index is 0.0930. The number of guanidine groups is 1. The molecular formula is C28H49N9. The molecule has 0 saturated carbocycles. The zero-order valence-corrected chi connectivity index (χ0v) is 23.3. The second-order valence-corrected chi connectivity index (χ2v) is 9.48. The van der Waals surface area contributed by atoms with Gasteiger partial charge in [-0.25, -0.2) is 4.99 Å². The van der Waals surface area contributed by atoms with Gasteiger partial charge in [0.15, 0.2) is 5.96 Å². The Morgan fingerprint density at radius 2 is 1.38 bits per heavy atom. The van der Waals surface area contributed by atoms with E-state index in [0.717, 1.165) is 37.2 Å². The van der Waals surface area contributed by atoms with Crippen molar-refractivity contribution in [2.75, 3.05) is 35.2 Å². The maximum atomic E-state index is 5.46. The fourth-order valence-corrected chi connectivity index (χ4v) is 4.19. The van der Waals surface area contributed by atoms with E-state index in [9.17, 15) is 0 Å². The lowest BCUT2D eigenvalue weighted by Gasteiger charge is -2.20. The molecular weight excluding hydrogens is 462 g/mol. The fraction of sp³-hybridized carbons (Fsp3) is 0.643. The highest BCUT2D eigenvalue weighted by molar-refractivity contribution is 5.75. The van der Waals surface area contributed by atoms with Crippen molar-refractivity contribution >= 4 is 23.8 Å². The molecule has 37 heavy (non-hydrogen) atoms. The summed E-state index contributed by atoms with van der Waals surface area (Å²) in [6.45, 7) is 10.1. The molecule has 0 bridgehead atoms. The van der Waals surface area contributed by atoms with Crippen molar-refractivity contribution in [3.8, 4) is 0 Å². The highest BCUT2D eigenvalue weighted by Gasteiger charge is 2.11. The number of unbranched alkanes of at least 4 members (excludes halogenated alkanes) is 9. The highest BCUT2D eigenvalue weighted by atomic mass is 15.3. The van der Waals surface area contributed by atoms with Crippen LogP contribution in [0, 0.1) is 0 Å². The number of aromatic nitrogens is 3. The second kappa shape index (κ2) is 18.2. The molecule has 0 amide bonds. The number of nitrogens with zero attached hydrogens (tertiary/aromatic N) is 5. The summed E-state index contributed by atoms with van der Waals surface area (Å²) in [6, 6.07) is 8.15. The zero-order chi connectivity index (χ0) is 26.7. The third-order valence-electron chi connectivity index (χ3n) is 6.37. The van der Waals surface area contributed by atoms with Crippen molar-refractivity contribution in [2.24, 2.45) is 16.5 Å². The minimum Gasteiger partial charge on any atom is -0.370 e. The lowest BCUT2D eigenvalue weighted by molar-refractivity contribution is 0.559. The van der Waals surface area contributed by atoms with Gasteiger partial charge in [-0.05, 0) is 31.4 Å². The van der Waals surface area contributed by atoms with Gasteiger partial charge in [-0.15, -0.1) is 0 Å². The van der Waals surface area contributed by atoms with Crippen molar-refractivity contribution < 1.29 is 0 Å². The van der Waals surface area contributed by atoms with E-state index in [2.05, 4.69) is 68.4 Å². The van der Waals surface area contributed by atoms with Crippen LogP contribution in [0.4, 0.5) is 17.8 Å². The summed E-state index contributed by atoms with van der Waals surface area (Å²) in [5.41, 5.74) is 13.1. The molecule has 6 N–H and O–H groups in total. The Kier molecular flexibility index (Phi) is 14.8. The lowest BCUT2D eigenvalue weighted by atomic mass is 10.1. The van der Waals surface area contributed by atoms with Gasteiger partial charge < -0.3 is 27.0 Å². The fourth-order valence-electron chi connectivity index (χ4n) is 4.19. The van der Waals surface area contributed by atoms with E-state index in [1.165, 1.54) is 57.8 Å². The standard InChI is InChI=1S/C28H49N9/c1-4-7-8-9-10-11-12-13-14-15-19-31-26-34-27(36-28(35-26)37(5-2)6-3)33-22-24-18-16-17-23(20-24)21-32-25(29)30/h16-18,20H,4-15,19,21-22H2,1-3H3,(H4,29,30,32)(H2,31,33,34,35,36). The largest absolute Gasteiger partial charge is 0.370 e. The number of benzene rings is 1. The van der Waals surface area contributed by atoms with Crippen LogP contribution in [-0.4, -0.2) is 40.5 Å². The predicted octanol–water partition coefficient (Wildman–Crippen LogP) is 5.44. The molecule has 0 aliphatic carbocycles. The smallest absolute Gasteiger partial charge is 0.231 e. The van der Waals surface area contributed by atoms with Gasteiger partial charge in [-0.1, -0.05) is 89.0 Å². The molecule has 0 atom stereocenters. The van der Waals surface area contributed by atoms with Crippen LogP contribution >= 0.6 is 0 Å². The molecule has 0 aliphatic heterocycles. The van der Waals surface area contributed by atoms with E-state index in [1.807, 2.05) is 12.1 Å². The third kappa shape index (κ3) is 12.6. The predicted molar refractivity (Wildman–Crippen MR) is 157 cm³/mol. The number of hydrogen-bond donors (Lipinski definition) is 4. The summed E-state index contributed by atoms with van der Waals surface area (Å²) < 4.78 is 0. The van der Waals surface area contributed by atoms with Crippen LogP contribution in [-0.2, 0) is 13.1 Å². The van der Waals surface area contributed by atoms with Gasteiger partial charge in [0.05, 0.1) is 6.54 Å². The lowest BCUT2D eigenvalue weighted by Crippen LogP contribution is -2.25. The Labute approximate surface area is 224 Å². The Balaban J connectivity index is 1.87. The molecule has 9 nitrogen and oxygen atoms in total. The first-order valence-corrected chi connectivity index (χ1v) is 14.2. The van der Waals surface area contributed by atoms with Gasteiger partial charge in [0, 0.05) is 26.2 Å². The summed E-state index contributed by atoms with van der Waals surface area (Å²) in [5.74, 6) is 1.97. The average Bonchev–Trinajstić information content (AvgIpc) is 2.90. The van der Waals surface area contributed by atoms with E-state index in [-0.39, 0.29) is 5.96 Å². The number of nitrogens with two attached hydrogens (primary N) is 2. The number of rotatable bonds is 20. The average molecular weight is 512 g/mol. The summed E-state index contributed by atoms with van der Waals surface area (Å²) in [6.07, 6.45) is 13.2. The first-order valence-electron chi connectivity index (χ1n) is 14.2. The molecule has 0 unspecified atom stereocenters. The maximum absolute atomic E-state index is 5.46. The molecule has 2 aromatic rings. The zero-order valence-electron chi connectivity index (χ0n) is 23.3. The Morgan fingerprint density at radius 3 is 2.00 bits per heavy atom. The van der Waals surface area contributed by atoms with E-state index in [0.29, 0.717) is 30.9 Å². The molecule has 0 aliphatic rings. The van der Waals surface area contributed by atoms with Crippen molar-refractivity contribution in [2.45, 2.75) is 98.1 Å². The summed E-state index contributed by atoms with van der Waals surface area (Å²) in [4.78, 5) is 20.2. The molecule has 1 heterocycles. The van der Waals surface area contributed by atoms with Crippen LogP contribution in [0.25, 0.3) is 0 Å². The topological polar surface area (TPSA) is 130 Å². The Morgan fingerprint density at radius 1 is 0.784 bits per heavy atom. The van der Waals surface area contributed by atoms with Crippen molar-refractivity contribution in [3.63, 3.8) is 0 Å². The van der Waals surface area contributed by atoms with Crippen molar-refractivity contribution in [3.05, 3.63) is 35.4 Å². The van der Waals surface area contributed by atoms with Gasteiger partial charge >= 0.3 is 0 Å². The number of anilines is 3. The van der Waals surface area contributed by atoms with E-state index in [4.69, 9.17) is 11.5 Å². The maximum Gasteiger partial charge on any atom is 0.231 e. The van der Waals surface area contributed by atoms with Crippen LogP contribution in [0.2, 0.25) is 0 Å². The molecule has 0 saturated heterocycles. The Hall–Kier alpha value is -3.10. The highest BCUT2D eigenvalue weighted by Crippen LogP contribution is 2.16. The Bertz CT molecular complexity index is 908. The molecule has 1 aromatic carbocycles. The van der Waals surface area contributed by atoms with Crippen LogP contribution in [0.3, 0.4) is 0 Å². The summed E-state index contributed by atoms with van der Waals surface area (Å²) in [7, 11) is 0. The molecule has 2 rings (SSSR count). The first-order chi connectivity index (χ1) is 18.0. The first kappa shape index (κ1) is 30.1. The summed E-state index contributed by atoms with van der Waals surface area (Å²) in [5, 5.41) is 6.79. The molecule has 0 spiro atoms. The van der Waals surface area contributed by atoms with Gasteiger partial charge in [-0.2, -0.15) is 15.0 Å². The molecule has 0 radical (unpaired) electrons. The van der Waals surface area contributed by atoms with Gasteiger partial charge in [0.25, 0.3) is 0 Å². The number of aliphatic imine (C=N–C) groups is 1. The van der Waals surface area contributed by atoms with E-state index < -0.39 is 0 Å². The third-order valence-corrected chi connectivity index (χ3v) is 6.37. The molecule has 0 fully saturated rings. The van der Waals surface area contributed by atoms with E-state index >= 15 is 0 Å². The van der Waals surface area contributed by atoms with Crippen LogP contribution < -0.4 is 27.0 Å². The van der Waals surface area contributed by atoms with Crippen molar-refractivity contribution in [1.29, 1.82) is 0 Å². The van der Waals surface area contributed by atoms with Gasteiger partial charge in [-0.3, -0.25) is 0 Å². The van der Waals surface area contributed by atoms with Crippen LogP contribution in [0.15, 0.2) is 29.3 Å². The van der Waals surface area contributed by atoms with Crippen LogP contribution in [0.5, 0.6) is 0 Å². The summed E-state index contributed by atoms with van der Waals surface area (Å²) >= 11 is 0. The molecule has 206 valence electrons. The van der Waals surface area contributed by atoms with Crippen LogP contribution in [0.1, 0.15) is 96.1 Å². The number of hydrogen-bond acceptors (Lipinski definition) is 7.